The lowest BCUT2D eigenvalue weighted by atomic mass is 10.1. The number of ether oxygens (including phenoxy) is 2. The fraction of sp³-hybridized carbons (Fsp3) is 0.267. The quantitative estimate of drug-likeness (QED) is 0.801. The van der Waals surface area contributed by atoms with Crippen LogP contribution in [0.1, 0.15) is 11.3 Å². The van der Waals surface area contributed by atoms with Crippen LogP contribution in [0.15, 0.2) is 41.0 Å². The normalized spacial score (nSPS) is 10.2. The van der Waals surface area contributed by atoms with E-state index in [0.29, 0.717) is 30.1 Å². The minimum Gasteiger partial charge on any atom is -0.493 e. The predicted molar refractivity (Wildman–Crippen MR) is 70.7 cm³/mol. The summed E-state index contributed by atoms with van der Waals surface area (Å²) in [6, 6.07) is 9.06. The van der Waals surface area contributed by atoms with Crippen molar-refractivity contribution in [2.45, 2.75) is 12.8 Å². The van der Waals surface area contributed by atoms with Gasteiger partial charge in [-0.1, -0.05) is 6.07 Å². The molecule has 1 aromatic carbocycles. The summed E-state index contributed by atoms with van der Waals surface area (Å²) in [6.45, 7) is 0. The largest absolute Gasteiger partial charge is 0.493 e. The monoisotopic (exact) mass is 260 g/mol. The maximum atomic E-state index is 11.9. The van der Waals surface area contributed by atoms with Crippen LogP contribution in [0.5, 0.6) is 11.5 Å². The summed E-state index contributed by atoms with van der Waals surface area (Å²) in [5.74, 6) is 2.07. The van der Waals surface area contributed by atoms with Crippen LogP contribution < -0.4 is 9.47 Å². The molecule has 0 amide bonds. The van der Waals surface area contributed by atoms with Crippen LogP contribution in [0.2, 0.25) is 0 Å². The van der Waals surface area contributed by atoms with Gasteiger partial charge < -0.3 is 13.9 Å². The third-order valence-corrected chi connectivity index (χ3v) is 2.80. The molecule has 100 valence electrons. The third-order valence-electron chi connectivity index (χ3n) is 2.80. The number of ketones is 1. The number of carbonyl (C=O) groups is 1. The molecule has 1 aromatic heterocycles. The van der Waals surface area contributed by atoms with E-state index in [9.17, 15) is 4.79 Å². The van der Waals surface area contributed by atoms with Crippen LogP contribution in [0.25, 0.3) is 0 Å². The molecule has 1 heterocycles. The Morgan fingerprint density at radius 2 is 1.89 bits per heavy atom. The number of benzene rings is 1. The Labute approximate surface area is 111 Å². The molecule has 0 atom stereocenters. The summed E-state index contributed by atoms with van der Waals surface area (Å²) in [6.07, 6.45) is 2.22. The molecule has 2 aromatic rings. The molecule has 4 heteroatoms. The Bertz CT molecular complexity index is 543. The lowest BCUT2D eigenvalue weighted by Gasteiger charge is -2.09. The molecule has 0 saturated carbocycles. The second kappa shape index (κ2) is 6.09. The van der Waals surface area contributed by atoms with Crippen molar-refractivity contribution in [2.24, 2.45) is 0 Å². The molecular formula is C15H16O4. The van der Waals surface area contributed by atoms with Crippen molar-refractivity contribution in [3.05, 3.63) is 47.9 Å². The summed E-state index contributed by atoms with van der Waals surface area (Å²) in [5.41, 5.74) is 0.897. The first-order valence-corrected chi connectivity index (χ1v) is 5.98. The van der Waals surface area contributed by atoms with Crippen molar-refractivity contribution in [1.82, 2.24) is 0 Å². The second-order valence-corrected chi connectivity index (χ2v) is 4.16. The number of furan rings is 1. The van der Waals surface area contributed by atoms with Crippen LogP contribution >= 0.6 is 0 Å². The van der Waals surface area contributed by atoms with E-state index in [4.69, 9.17) is 13.9 Å². The van der Waals surface area contributed by atoms with E-state index in [-0.39, 0.29) is 5.78 Å². The Balaban J connectivity index is 2.04. The van der Waals surface area contributed by atoms with Crippen molar-refractivity contribution in [2.75, 3.05) is 14.2 Å². The fourth-order valence-electron chi connectivity index (χ4n) is 1.89. The molecular weight excluding hydrogens is 244 g/mol. The van der Waals surface area contributed by atoms with Gasteiger partial charge in [-0.2, -0.15) is 0 Å². The van der Waals surface area contributed by atoms with Gasteiger partial charge in [0.1, 0.15) is 11.5 Å². The zero-order chi connectivity index (χ0) is 13.7. The third kappa shape index (κ3) is 3.37. The van der Waals surface area contributed by atoms with Crippen molar-refractivity contribution < 1.29 is 18.7 Å². The molecule has 0 fully saturated rings. The lowest BCUT2D eigenvalue weighted by molar-refractivity contribution is -0.118. The standard InChI is InChI=1S/C15H16O4/c1-17-14-6-5-11(9-15(14)18-2)8-12(16)10-13-4-3-7-19-13/h3-7,9H,8,10H2,1-2H3. The molecule has 0 N–H and O–H groups in total. The molecule has 2 rings (SSSR count). The molecule has 4 nitrogen and oxygen atoms in total. The van der Waals surface area contributed by atoms with Crippen molar-refractivity contribution in [1.29, 1.82) is 0 Å². The highest BCUT2D eigenvalue weighted by molar-refractivity contribution is 5.82. The van der Waals surface area contributed by atoms with Gasteiger partial charge in [0.05, 0.1) is 26.9 Å². The van der Waals surface area contributed by atoms with E-state index in [1.165, 1.54) is 0 Å². The minimum absolute atomic E-state index is 0.0992. The lowest BCUT2D eigenvalue weighted by Crippen LogP contribution is -2.06. The highest BCUT2D eigenvalue weighted by atomic mass is 16.5. The molecule has 19 heavy (non-hydrogen) atoms. The van der Waals surface area contributed by atoms with Crippen LogP contribution in [0.4, 0.5) is 0 Å². The predicted octanol–water partition coefficient (Wildman–Crippen LogP) is 2.65. The van der Waals surface area contributed by atoms with Crippen LogP contribution in [-0.4, -0.2) is 20.0 Å². The Kier molecular flexibility index (Phi) is 4.23. The summed E-state index contributed by atoms with van der Waals surface area (Å²) in [5, 5.41) is 0. The number of hydrogen-bond donors (Lipinski definition) is 0. The molecule has 0 unspecified atom stereocenters. The van der Waals surface area contributed by atoms with Crippen LogP contribution in [0, 0.1) is 0 Å². The van der Waals surface area contributed by atoms with Gasteiger partial charge in [-0.25, -0.2) is 0 Å². The van der Waals surface area contributed by atoms with Crippen molar-refractivity contribution >= 4 is 5.78 Å². The van der Waals surface area contributed by atoms with Gasteiger partial charge in [0, 0.05) is 6.42 Å². The summed E-state index contributed by atoms with van der Waals surface area (Å²) in [7, 11) is 3.16. The Morgan fingerprint density at radius 1 is 1.11 bits per heavy atom. The van der Waals surface area contributed by atoms with Gasteiger partial charge in [-0.3, -0.25) is 4.79 Å². The van der Waals surface area contributed by atoms with Gasteiger partial charge in [0.2, 0.25) is 0 Å². The molecule has 0 saturated heterocycles. The molecule has 0 radical (unpaired) electrons. The first kappa shape index (κ1) is 13.2. The number of methoxy groups -OCH3 is 2. The minimum atomic E-state index is 0.0992. The number of Topliss-reactive ketones (excluding diaryl/α,β-unsaturated/α-hetero) is 1. The van der Waals surface area contributed by atoms with E-state index in [1.54, 1.807) is 38.7 Å². The maximum Gasteiger partial charge on any atom is 0.161 e. The second-order valence-electron chi connectivity index (χ2n) is 4.16. The molecule has 0 bridgehead atoms. The average Bonchev–Trinajstić information content (AvgIpc) is 2.91. The van der Waals surface area contributed by atoms with E-state index in [2.05, 4.69) is 0 Å². The van der Waals surface area contributed by atoms with E-state index >= 15 is 0 Å². The highest BCUT2D eigenvalue weighted by Gasteiger charge is 2.10. The van der Waals surface area contributed by atoms with Gasteiger partial charge in [0.15, 0.2) is 11.5 Å². The number of rotatable bonds is 6. The fourth-order valence-corrected chi connectivity index (χ4v) is 1.89. The zero-order valence-corrected chi connectivity index (χ0v) is 11.0. The average molecular weight is 260 g/mol. The Hall–Kier alpha value is -2.23. The zero-order valence-electron chi connectivity index (χ0n) is 11.0. The first-order chi connectivity index (χ1) is 9.22. The van der Waals surface area contributed by atoms with Crippen LogP contribution in [0.3, 0.4) is 0 Å². The Morgan fingerprint density at radius 3 is 2.53 bits per heavy atom. The van der Waals surface area contributed by atoms with Crippen LogP contribution in [-0.2, 0) is 17.6 Å². The smallest absolute Gasteiger partial charge is 0.161 e. The van der Waals surface area contributed by atoms with E-state index in [0.717, 1.165) is 5.56 Å². The van der Waals surface area contributed by atoms with E-state index < -0.39 is 0 Å². The molecule has 0 aliphatic rings. The van der Waals surface area contributed by atoms with Crippen molar-refractivity contribution in [3.8, 4) is 11.5 Å². The summed E-state index contributed by atoms with van der Waals surface area (Å²) in [4.78, 5) is 11.9. The number of carbonyl (C=O) groups excluding carboxylic acids is 1. The molecule has 0 aliphatic heterocycles. The molecule has 0 spiro atoms. The van der Waals surface area contributed by atoms with Crippen molar-refractivity contribution in [3.63, 3.8) is 0 Å². The van der Waals surface area contributed by atoms with Gasteiger partial charge in [0.25, 0.3) is 0 Å². The van der Waals surface area contributed by atoms with Gasteiger partial charge >= 0.3 is 0 Å². The summed E-state index contributed by atoms with van der Waals surface area (Å²) < 4.78 is 15.5. The maximum absolute atomic E-state index is 11.9. The highest BCUT2D eigenvalue weighted by Crippen LogP contribution is 2.27. The van der Waals surface area contributed by atoms with E-state index in [1.807, 2.05) is 12.1 Å². The van der Waals surface area contributed by atoms with Gasteiger partial charge in [-0.05, 0) is 29.8 Å². The first-order valence-electron chi connectivity index (χ1n) is 5.98. The molecule has 0 aliphatic carbocycles. The van der Waals surface area contributed by atoms with Gasteiger partial charge in [-0.15, -0.1) is 0 Å². The SMILES string of the molecule is COc1ccc(CC(=O)Cc2ccco2)cc1OC. The topological polar surface area (TPSA) is 48.7 Å². The number of hydrogen-bond acceptors (Lipinski definition) is 4. The summed E-state index contributed by atoms with van der Waals surface area (Å²) >= 11 is 0.